The first-order valence-corrected chi connectivity index (χ1v) is 9.59. The molecule has 2 rings (SSSR count). The van der Waals surface area contributed by atoms with Crippen molar-refractivity contribution in [2.24, 2.45) is 4.99 Å². The summed E-state index contributed by atoms with van der Waals surface area (Å²) in [6, 6.07) is 12.1. The number of nitrogens with one attached hydrogen (secondary N) is 1. The fourth-order valence-electron chi connectivity index (χ4n) is 2.83. The fraction of sp³-hybridized carbons (Fsp3) is 0.304. The molecular weight excluding hydrogens is 385 g/mol. The number of anilines is 1. The maximum atomic E-state index is 13.6. The number of nitrogens with zero attached hydrogens (tertiary/aromatic N) is 2. The Balaban J connectivity index is 2.25. The van der Waals surface area contributed by atoms with E-state index in [1.807, 2.05) is 45.0 Å². The Hall–Kier alpha value is -3.35. The minimum atomic E-state index is -0.578. The average molecular weight is 413 g/mol. The number of carbonyl (C=O) groups is 1. The smallest absolute Gasteiger partial charge is 0.312 e. The molecule has 0 aliphatic rings. The SMILES string of the molecule is C=NC(=O)/C(=C\N(CNc1cccc(OC(C)C)c1C)Cc1cccc(F)c1)OC. The average Bonchev–Trinajstić information content (AvgIpc) is 2.71. The van der Waals surface area contributed by atoms with Crippen LogP contribution in [0.1, 0.15) is 25.0 Å². The molecule has 0 fully saturated rings. The number of amides is 1. The van der Waals surface area contributed by atoms with Crippen molar-refractivity contribution in [3.63, 3.8) is 0 Å². The van der Waals surface area contributed by atoms with E-state index in [-0.39, 0.29) is 17.7 Å². The van der Waals surface area contributed by atoms with E-state index >= 15 is 0 Å². The van der Waals surface area contributed by atoms with Crippen LogP contribution in [0.5, 0.6) is 5.75 Å². The third-order valence-corrected chi connectivity index (χ3v) is 4.27. The number of hydrogen-bond acceptors (Lipinski definition) is 5. The summed E-state index contributed by atoms with van der Waals surface area (Å²) < 4.78 is 24.6. The summed E-state index contributed by atoms with van der Waals surface area (Å²) in [6.45, 7) is 9.86. The monoisotopic (exact) mass is 413 g/mol. The number of rotatable bonds is 10. The molecule has 1 N–H and O–H groups in total. The van der Waals surface area contributed by atoms with Crippen LogP contribution in [0.3, 0.4) is 0 Å². The molecule has 2 aromatic carbocycles. The summed E-state index contributed by atoms with van der Waals surface area (Å²) in [5.74, 6) is -0.0672. The first-order valence-electron chi connectivity index (χ1n) is 9.59. The van der Waals surface area contributed by atoms with Crippen molar-refractivity contribution in [1.82, 2.24) is 4.90 Å². The zero-order chi connectivity index (χ0) is 22.1. The van der Waals surface area contributed by atoms with Crippen molar-refractivity contribution in [3.05, 3.63) is 71.4 Å². The zero-order valence-electron chi connectivity index (χ0n) is 17.8. The summed E-state index contributed by atoms with van der Waals surface area (Å²) in [4.78, 5) is 17.1. The van der Waals surface area contributed by atoms with Gasteiger partial charge in [-0.1, -0.05) is 18.2 Å². The van der Waals surface area contributed by atoms with Gasteiger partial charge in [0.2, 0.25) is 5.76 Å². The molecule has 1 amide bonds. The maximum Gasteiger partial charge on any atom is 0.312 e. The van der Waals surface area contributed by atoms with Crippen LogP contribution in [0.2, 0.25) is 0 Å². The Morgan fingerprint density at radius 1 is 1.30 bits per heavy atom. The highest BCUT2D eigenvalue weighted by Crippen LogP contribution is 2.26. The van der Waals surface area contributed by atoms with Crippen molar-refractivity contribution in [1.29, 1.82) is 0 Å². The summed E-state index contributed by atoms with van der Waals surface area (Å²) in [5.41, 5.74) is 2.60. The number of methoxy groups -OCH3 is 1. The molecule has 0 bridgehead atoms. The molecule has 0 saturated heterocycles. The molecule has 6 nitrogen and oxygen atoms in total. The zero-order valence-corrected chi connectivity index (χ0v) is 17.8. The van der Waals surface area contributed by atoms with Crippen LogP contribution in [-0.2, 0) is 16.1 Å². The van der Waals surface area contributed by atoms with Gasteiger partial charge in [-0.2, -0.15) is 0 Å². The minimum Gasteiger partial charge on any atom is -0.491 e. The van der Waals surface area contributed by atoms with Gasteiger partial charge in [-0.3, -0.25) is 4.79 Å². The molecule has 0 aromatic heterocycles. The topological polar surface area (TPSA) is 63.2 Å². The number of benzene rings is 2. The van der Waals surface area contributed by atoms with Crippen molar-refractivity contribution in [2.45, 2.75) is 33.4 Å². The number of carbonyl (C=O) groups excluding carboxylic acids is 1. The molecule has 0 heterocycles. The van der Waals surface area contributed by atoms with Crippen LogP contribution in [0.4, 0.5) is 10.1 Å². The van der Waals surface area contributed by atoms with Crippen LogP contribution in [0.15, 0.2) is 59.4 Å². The largest absolute Gasteiger partial charge is 0.491 e. The van der Waals surface area contributed by atoms with Crippen LogP contribution >= 0.6 is 0 Å². The summed E-state index contributed by atoms with van der Waals surface area (Å²) in [6.07, 6.45) is 1.60. The van der Waals surface area contributed by atoms with Crippen molar-refractivity contribution >= 4 is 18.3 Å². The predicted molar refractivity (Wildman–Crippen MR) is 117 cm³/mol. The summed E-state index contributed by atoms with van der Waals surface area (Å²) in [7, 11) is 1.39. The van der Waals surface area contributed by atoms with E-state index in [9.17, 15) is 9.18 Å². The highest BCUT2D eigenvalue weighted by Gasteiger charge is 2.13. The van der Waals surface area contributed by atoms with Gasteiger partial charge in [0.25, 0.3) is 0 Å². The second-order valence-electron chi connectivity index (χ2n) is 6.97. The fourth-order valence-corrected chi connectivity index (χ4v) is 2.83. The molecule has 0 unspecified atom stereocenters. The lowest BCUT2D eigenvalue weighted by Crippen LogP contribution is -2.26. The van der Waals surface area contributed by atoms with Crippen LogP contribution in [-0.4, -0.2) is 37.4 Å². The third kappa shape index (κ3) is 6.62. The normalized spacial score (nSPS) is 11.2. The molecule has 0 radical (unpaired) electrons. The number of hydrogen-bond donors (Lipinski definition) is 1. The van der Waals surface area contributed by atoms with E-state index in [2.05, 4.69) is 17.0 Å². The second-order valence-corrected chi connectivity index (χ2v) is 6.97. The number of aliphatic imine (C=N–C) groups is 1. The van der Waals surface area contributed by atoms with Gasteiger partial charge in [-0.05, 0) is 57.3 Å². The van der Waals surface area contributed by atoms with E-state index in [0.29, 0.717) is 13.2 Å². The maximum absolute atomic E-state index is 13.6. The molecule has 0 saturated carbocycles. The predicted octanol–water partition coefficient (Wildman–Crippen LogP) is 4.51. The first kappa shape index (κ1) is 22.9. The molecule has 30 heavy (non-hydrogen) atoms. The molecule has 0 spiro atoms. The van der Waals surface area contributed by atoms with Gasteiger partial charge >= 0.3 is 5.91 Å². The highest BCUT2D eigenvalue weighted by atomic mass is 19.1. The van der Waals surface area contributed by atoms with E-state index in [4.69, 9.17) is 9.47 Å². The Bertz CT molecular complexity index is 912. The van der Waals surface area contributed by atoms with Gasteiger partial charge in [-0.25, -0.2) is 9.38 Å². The van der Waals surface area contributed by atoms with Crippen molar-refractivity contribution < 1.29 is 18.7 Å². The van der Waals surface area contributed by atoms with Gasteiger partial charge in [0.1, 0.15) is 11.6 Å². The summed E-state index contributed by atoms with van der Waals surface area (Å²) >= 11 is 0. The molecule has 0 atom stereocenters. The second kappa shape index (κ2) is 11.0. The standard InChI is InChI=1S/C23H28FN3O3/c1-16(2)30-21-11-7-10-20(17(21)3)26-15-27(14-22(29-5)23(28)25-4)13-18-8-6-9-19(24)12-18/h6-12,14,16,26H,4,13,15H2,1-3,5H3/b22-14+. The molecule has 160 valence electrons. The highest BCUT2D eigenvalue weighted by molar-refractivity contribution is 5.94. The summed E-state index contributed by atoms with van der Waals surface area (Å²) in [5, 5.41) is 3.34. The van der Waals surface area contributed by atoms with Gasteiger partial charge in [0.05, 0.1) is 19.9 Å². The third-order valence-electron chi connectivity index (χ3n) is 4.27. The molecule has 2 aromatic rings. The van der Waals surface area contributed by atoms with Crippen molar-refractivity contribution in [3.8, 4) is 5.75 Å². The Morgan fingerprint density at radius 2 is 2.03 bits per heavy atom. The lowest BCUT2D eigenvalue weighted by Gasteiger charge is -2.24. The first-order chi connectivity index (χ1) is 14.3. The lowest BCUT2D eigenvalue weighted by atomic mass is 10.1. The number of ether oxygens (including phenoxy) is 2. The van der Waals surface area contributed by atoms with E-state index < -0.39 is 5.91 Å². The van der Waals surface area contributed by atoms with E-state index in [1.165, 1.54) is 19.2 Å². The van der Waals surface area contributed by atoms with E-state index in [0.717, 1.165) is 22.6 Å². The lowest BCUT2D eigenvalue weighted by molar-refractivity contribution is -0.117. The molecule has 0 aliphatic carbocycles. The number of halogens is 1. The van der Waals surface area contributed by atoms with Gasteiger partial charge in [0, 0.05) is 24.0 Å². The van der Waals surface area contributed by atoms with Gasteiger partial charge in [0.15, 0.2) is 0 Å². The Morgan fingerprint density at radius 3 is 2.67 bits per heavy atom. The quantitative estimate of drug-likeness (QED) is 0.269. The van der Waals surface area contributed by atoms with Crippen molar-refractivity contribution in [2.75, 3.05) is 19.1 Å². The van der Waals surface area contributed by atoms with Gasteiger partial charge in [-0.15, -0.1) is 0 Å². The van der Waals surface area contributed by atoms with Gasteiger partial charge < -0.3 is 19.7 Å². The molecule has 0 aliphatic heterocycles. The van der Waals surface area contributed by atoms with Crippen LogP contribution in [0, 0.1) is 12.7 Å². The van der Waals surface area contributed by atoms with Crippen LogP contribution < -0.4 is 10.1 Å². The minimum absolute atomic E-state index is 0.0387. The molecular formula is C23H28FN3O3. The van der Waals surface area contributed by atoms with E-state index in [1.54, 1.807) is 17.2 Å². The molecule has 7 heteroatoms. The Labute approximate surface area is 177 Å². The Kier molecular flexibility index (Phi) is 8.41. The van der Waals surface area contributed by atoms with Crippen LogP contribution in [0.25, 0.3) is 0 Å².